The van der Waals surface area contributed by atoms with E-state index in [1.165, 1.54) is 25.3 Å². The van der Waals surface area contributed by atoms with E-state index in [2.05, 4.69) is 10.6 Å². The topological polar surface area (TPSA) is 58.2 Å². The van der Waals surface area contributed by atoms with Gasteiger partial charge in [-0.1, -0.05) is 37.5 Å². The Hall–Kier alpha value is -1.68. The molecule has 0 spiro atoms. The summed E-state index contributed by atoms with van der Waals surface area (Å²) in [5, 5.41) is 5.91. The zero-order valence-corrected chi connectivity index (χ0v) is 11.0. The highest BCUT2D eigenvalue weighted by molar-refractivity contribution is 5.92. The van der Waals surface area contributed by atoms with Crippen LogP contribution in [-0.2, 0) is 4.79 Å². The van der Waals surface area contributed by atoms with Crippen molar-refractivity contribution in [3.05, 3.63) is 40.6 Å². The van der Waals surface area contributed by atoms with Gasteiger partial charge in [-0.25, -0.2) is 0 Å². The van der Waals surface area contributed by atoms with Crippen LogP contribution >= 0.6 is 0 Å². The lowest BCUT2D eigenvalue weighted by Gasteiger charge is -2.22. The van der Waals surface area contributed by atoms with Crippen LogP contribution in [0.5, 0.6) is 0 Å². The number of carbonyl (C=O) groups excluding carboxylic acids is 1. The smallest absolute Gasteiger partial charge is 0.238 e. The average molecular weight is 260 g/mol. The Morgan fingerprint density at radius 1 is 1.11 bits per heavy atom. The maximum atomic E-state index is 11.8. The molecule has 1 aromatic rings. The maximum Gasteiger partial charge on any atom is 0.238 e. The van der Waals surface area contributed by atoms with Crippen LogP contribution in [0.25, 0.3) is 0 Å². The van der Waals surface area contributed by atoms with Crippen molar-refractivity contribution in [2.75, 3.05) is 11.9 Å². The minimum Gasteiger partial charge on any atom is -0.322 e. The van der Waals surface area contributed by atoms with E-state index in [1.54, 1.807) is 24.3 Å². The summed E-state index contributed by atoms with van der Waals surface area (Å²) in [6, 6.07) is 8.68. The minimum absolute atomic E-state index is 0.158. The van der Waals surface area contributed by atoms with E-state index in [0.717, 1.165) is 12.8 Å². The summed E-state index contributed by atoms with van der Waals surface area (Å²) >= 11 is 0. The molecule has 4 nitrogen and oxygen atoms in total. The summed E-state index contributed by atoms with van der Waals surface area (Å²) in [5.74, 6) is -0.158. The van der Waals surface area contributed by atoms with Crippen molar-refractivity contribution in [1.82, 2.24) is 5.32 Å². The molecule has 0 atom stereocenters. The van der Waals surface area contributed by atoms with E-state index in [0.29, 0.717) is 11.7 Å². The quantitative estimate of drug-likeness (QED) is 0.869. The third-order valence-electron chi connectivity index (χ3n) is 3.43. The SMILES string of the molecule is O=C(CNC1CCCCC1)Nc1cccccc1=O. The predicted octanol–water partition coefficient (Wildman–Crippen LogP) is 1.91. The molecule has 1 aliphatic rings. The highest BCUT2D eigenvalue weighted by Crippen LogP contribution is 2.16. The first-order chi connectivity index (χ1) is 9.25. The second-order valence-corrected chi connectivity index (χ2v) is 4.95. The van der Waals surface area contributed by atoms with E-state index >= 15 is 0 Å². The van der Waals surface area contributed by atoms with Crippen LogP contribution in [0.1, 0.15) is 32.1 Å². The highest BCUT2D eigenvalue weighted by Gasteiger charge is 2.14. The van der Waals surface area contributed by atoms with E-state index in [1.807, 2.05) is 0 Å². The Balaban J connectivity index is 1.84. The number of hydrogen-bond acceptors (Lipinski definition) is 3. The molecular weight excluding hydrogens is 240 g/mol. The van der Waals surface area contributed by atoms with Gasteiger partial charge in [0.2, 0.25) is 11.3 Å². The second-order valence-electron chi connectivity index (χ2n) is 4.95. The van der Waals surface area contributed by atoms with Crippen molar-refractivity contribution in [1.29, 1.82) is 0 Å². The van der Waals surface area contributed by atoms with Crippen LogP contribution in [-0.4, -0.2) is 18.5 Å². The first kappa shape index (κ1) is 13.7. The van der Waals surface area contributed by atoms with E-state index < -0.39 is 0 Å². The number of nitrogens with one attached hydrogen (secondary N) is 2. The van der Waals surface area contributed by atoms with Gasteiger partial charge in [0.25, 0.3) is 0 Å². The fourth-order valence-electron chi connectivity index (χ4n) is 2.37. The van der Waals surface area contributed by atoms with Crippen LogP contribution in [0, 0.1) is 0 Å². The number of anilines is 1. The molecule has 0 unspecified atom stereocenters. The van der Waals surface area contributed by atoms with Crippen molar-refractivity contribution < 1.29 is 4.79 Å². The Bertz CT molecular complexity index is 482. The molecule has 0 saturated heterocycles. The van der Waals surface area contributed by atoms with Crippen molar-refractivity contribution in [2.45, 2.75) is 38.1 Å². The van der Waals surface area contributed by atoms with Gasteiger partial charge >= 0.3 is 0 Å². The molecule has 102 valence electrons. The van der Waals surface area contributed by atoms with Crippen LogP contribution in [0.15, 0.2) is 35.1 Å². The maximum absolute atomic E-state index is 11.8. The fraction of sp³-hybridized carbons (Fsp3) is 0.467. The van der Waals surface area contributed by atoms with Crippen molar-refractivity contribution in [3.63, 3.8) is 0 Å². The van der Waals surface area contributed by atoms with Gasteiger partial charge in [-0.3, -0.25) is 9.59 Å². The molecule has 1 amide bonds. The number of carbonyl (C=O) groups is 1. The monoisotopic (exact) mass is 260 g/mol. The third kappa shape index (κ3) is 4.48. The normalized spacial score (nSPS) is 16.0. The Morgan fingerprint density at radius 2 is 1.84 bits per heavy atom. The van der Waals surface area contributed by atoms with Gasteiger partial charge in [0.05, 0.1) is 12.2 Å². The van der Waals surface area contributed by atoms with Crippen LogP contribution in [0.4, 0.5) is 5.69 Å². The summed E-state index contributed by atoms with van der Waals surface area (Å²) in [4.78, 5) is 23.4. The minimum atomic E-state index is -0.170. The third-order valence-corrected chi connectivity index (χ3v) is 3.43. The first-order valence-corrected chi connectivity index (χ1v) is 6.88. The van der Waals surface area contributed by atoms with Gasteiger partial charge in [0, 0.05) is 6.04 Å². The van der Waals surface area contributed by atoms with Crippen LogP contribution < -0.4 is 16.1 Å². The van der Waals surface area contributed by atoms with Crippen LogP contribution in [0.2, 0.25) is 0 Å². The van der Waals surface area contributed by atoms with Gasteiger partial charge in [-0.15, -0.1) is 0 Å². The molecule has 1 aliphatic carbocycles. The fourth-order valence-corrected chi connectivity index (χ4v) is 2.37. The predicted molar refractivity (Wildman–Crippen MR) is 76.2 cm³/mol. The molecule has 4 heteroatoms. The molecule has 2 rings (SSSR count). The molecule has 0 aliphatic heterocycles. The summed E-state index contributed by atoms with van der Waals surface area (Å²) in [6.45, 7) is 0.267. The molecule has 0 heterocycles. The lowest BCUT2D eigenvalue weighted by Crippen LogP contribution is -2.37. The number of rotatable bonds is 4. The van der Waals surface area contributed by atoms with Gasteiger partial charge in [0.15, 0.2) is 0 Å². The Morgan fingerprint density at radius 3 is 2.63 bits per heavy atom. The van der Waals surface area contributed by atoms with E-state index in [-0.39, 0.29) is 17.9 Å². The molecule has 1 aromatic carbocycles. The van der Waals surface area contributed by atoms with Gasteiger partial charge in [-0.05, 0) is 25.0 Å². The zero-order valence-electron chi connectivity index (χ0n) is 11.0. The average Bonchev–Trinajstić information content (AvgIpc) is 2.63. The molecule has 1 fully saturated rings. The van der Waals surface area contributed by atoms with E-state index in [9.17, 15) is 9.59 Å². The van der Waals surface area contributed by atoms with Gasteiger partial charge < -0.3 is 10.6 Å². The molecule has 1 saturated carbocycles. The number of hydrogen-bond donors (Lipinski definition) is 2. The van der Waals surface area contributed by atoms with Crippen molar-refractivity contribution in [3.8, 4) is 0 Å². The lowest BCUT2D eigenvalue weighted by molar-refractivity contribution is -0.115. The Labute approximate surface area is 113 Å². The molecule has 0 bridgehead atoms. The van der Waals surface area contributed by atoms with Gasteiger partial charge in [-0.2, -0.15) is 0 Å². The first-order valence-electron chi connectivity index (χ1n) is 6.88. The number of amides is 1. The summed E-state index contributed by atoms with van der Waals surface area (Å²) in [5.41, 5.74) is 0.163. The summed E-state index contributed by atoms with van der Waals surface area (Å²) < 4.78 is 0. The molecule has 19 heavy (non-hydrogen) atoms. The Kier molecular flexibility index (Phi) is 5.10. The molecule has 0 aromatic heterocycles. The van der Waals surface area contributed by atoms with Crippen molar-refractivity contribution in [2.24, 2.45) is 0 Å². The molecule has 2 N–H and O–H groups in total. The van der Waals surface area contributed by atoms with Gasteiger partial charge in [0.1, 0.15) is 0 Å². The van der Waals surface area contributed by atoms with Crippen LogP contribution in [0.3, 0.4) is 0 Å². The molecular formula is C15H20N2O2. The lowest BCUT2D eigenvalue weighted by atomic mass is 9.95. The highest BCUT2D eigenvalue weighted by atomic mass is 16.2. The largest absolute Gasteiger partial charge is 0.322 e. The summed E-state index contributed by atoms with van der Waals surface area (Å²) in [7, 11) is 0. The van der Waals surface area contributed by atoms with Crippen molar-refractivity contribution >= 4 is 11.6 Å². The van der Waals surface area contributed by atoms with E-state index in [4.69, 9.17) is 0 Å². The second kappa shape index (κ2) is 7.04. The zero-order chi connectivity index (χ0) is 13.5. The molecule has 0 radical (unpaired) electrons. The standard InChI is InChI=1S/C15H20N2O2/c18-14-10-6-2-5-9-13(14)17-15(19)11-16-12-7-3-1-4-8-12/h2,5-6,9-10,12,16H,1,3-4,7-8,11H2,(H,17,18,19). The summed E-state index contributed by atoms with van der Waals surface area (Å²) in [6.07, 6.45) is 6.04.